The molecule has 0 aliphatic heterocycles. The van der Waals surface area contributed by atoms with Crippen LogP contribution in [0.4, 0.5) is 0 Å². The van der Waals surface area contributed by atoms with Gasteiger partial charge in [-0.25, -0.2) is 19.2 Å². The van der Waals surface area contributed by atoms with E-state index in [0.29, 0.717) is 22.6 Å². The first kappa shape index (κ1) is 117. The summed E-state index contributed by atoms with van der Waals surface area (Å²) in [6.45, 7) is 19.9. The molecule has 0 saturated heterocycles. The Hall–Kier alpha value is -17.7. The number of aryl methyl sites for hydroxylation is 2. The molecule has 0 amide bonds. The maximum absolute atomic E-state index is 13.4. The van der Waals surface area contributed by atoms with Crippen LogP contribution in [0, 0.1) is 27.7 Å². The summed E-state index contributed by atoms with van der Waals surface area (Å²) < 4.78 is 20.6. The zero-order valence-corrected chi connectivity index (χ0v) is 85.2. The smallest absolute Gasteiger partial charge is 0.344 e. The van der Waals surface area contributed by atoms with E-state index in [1.165, 1.54) is 35.8 Å². The van der Waals surface area contributed by atoms with E-state index in [2.05, 4.69) is 97.3 Å². The minimum Gasteiger partial charge on any atom is -0.431 e. The molecule has 4 heterocycles. The Balaban J connectivity index is 0.000000211. The van der Waals surface area contributed by atoms with E-state index < -0.39 is 0 Å². The van der Waals surface area contributed by atoms with Crippen LogP contribution in [0.25, 0.3) is 101 Å². The summed E-state index contributed by atoms with van der Waals surface area (Å²) in [5, 5.41) is 0. The molecule has 17 heteroatoms. The fourth-order valence-electron chi connectivity index (χ4n) is 16.8. The molecule has 0 saturated carbocycles. The predicted molar refractivity (Wildman–Crippen MR) is 619 cm³/mol. The number of carbonyl (C=O) groups is 4. The van der Waals surface area contributed by atoms with Crippen LogP contribution in [0.3, 0.4) is 0 Å². The highest BCUT2D eigenvalue weighted by molar-refractivity contribution is 6.53. The van der Waals surface area contributed by atoms with Gasteiger partial charge in [0.05, 0.1) is 23.7 Å². The van der Waals surface area contributed by atoms with Crippen molar-refractivity contribution in [2.75, 3.05) is 0 Å². The standard InChI is InChI=1S/2C24H18O2.2C24H18O.2C6H6O2.2C6H6O.2C6H8.5B/c2*1-17-21(18-11-5-2-6-12-18)22(19-13-7-3-8-14-19)24(25)26-23(17)20-15-9-4-10-16-20;2*1-17-21(18-11-5-2-6-12-18)23(20-15-9-4-10-16-20)24(25)22(17)19-13-7-3-8-14-19;2*1-5-2-3-6(7)8-4-5;2*1-5-2-3-6(7)4-5;2*1-6-4-2-3-5-6;;;;;/h2*2-16H,1H3;2*2-16H,1H3;2*2-4H,1H3;2*2-4H,1H3;2*2,4-5H,3H2,1H3;;;;;. The molecular formula is C132H112B5O12. The number of hydrogen-bond acceptors (Lipinski definition) is 12. The van der Waals surface area contributed by atoms with Crippen LogP contribution in [0.2, 0.25) is 0 Å². The summed E-state index contributed by atoms with van der Waals surface area (Å²) in [7, 11) is 0. The second kappa shape index (κ2) is 58.9. The van der Waals surface area contributed by atoms with E-state index in [0.717, 1.165) is 169 Å². The van der Waals surface area contributed by atoms with Crippen LogP contribution >= 0.6 is 0 Å². The second-order valence-electron chi connectivity index (χ2n) is 34.4. The summed E-state index contributed by atoms with van der Waals surface area (Å²) in [6, 6.07) is 125. The molecule has 0 atom stereocenters. The van der Waals surface area contributed by atoms with Crippen molar-refractivity contribution >= 4 is 98.6 Å². The van der Waals surface area contributed by atoms with Crippen LogP contribution in [-0.4, -0.2) is 65.2 Å². The molecule has 6 aliphatic rings. The van der Waals surface area contributed by atoms with Gasteiger partial charge in [-0.15, -0.1) is 0 Å². The number of ketones is 4. The minimum atomic E-state index is -0.320. The Bertz CT molecular complexity index is 7340. The first-order chi connectivity index (χ1) is 70.0. The van der Waals surface area contributed by atoms with E-state index in [-0.39, 0.29) is 87.7 Å². The normalized spacial score (nSPS) is 12.7. The third-order valence-electron chi connectivity index (χ3n) is 23.7. The predicted octanol–water partition coefficient (Wildman–Crippen LogP) is 29.1. The third-order valence-corrected chi connectivity index (χ3v) is 23.7. The molecular weight excluding hydrogens is 1830 g/mol. The molecule has 22 rings (SSSR count). The summed E-state index contributed by atoms with van der Waals surface area (Å²) in [4.78, 5) is 93.8. The molecule has 0 bridgehead atoms. The van der Waals surface area contributed by atoms with Gasteiger partial charge in [0.2, 0.25) is 0 Å². The molecule has 0 fully saturated rings. The molecule has 16 aromatic rings. The Labute approximate surface area is 883 Å². The molecule has 6 aliphatic carbocycles. The van der Waals surface area contributed by atoms with Crippen molar-refractivity contribution in [3.63, 3.8) is 0 Å². The number of Topliss-reactive ketones (excluding diaryl/α,β-unsaturated/α-hetero) is 2. The van der Waals surface area contributed by atoms with Crippen LogP contribution in [0.1, 0.15) is 110 Å². The van der Waals surface area contributed by atoms with Gasteiger partial charge in [-0.3, -0.25) is 19.2 Å². The van der Waals surface area contributed by atoms with E-state index in [4.69, 9.17) is 8.83 Å². The van der Waals surface area contributed by atoms with Gasteiger partial charge in [0.25, 0.3) is 0 Å². The molecule has 0 spiro atoms. The molecule has 4 aromatic heterocycles. The lowest BCUT2D eigenvalue weighted by atomic mass is 9.91. The highest BCUT2D eigenvalue weighted by atomic mass is 16.4. The van der Waals surface area contributed by atoms with Crippen LogP contribution in [0.5, 0.6) is 0 Å². The average Bonchev–Trinajstić information content (AvgIpc) is 1.36. The van der Waals surface area contributed by atoms with Crippen molar-refractivity contribution in [3.05, 3.63) is 604 Å². The van der Waals surface area contributed by atoms with Crippen LogP contribution < -0.4 is 22.5 Å². The number of hydrogen-bond donors (Lipinski definition) is 0. The van der Waals surface area contributed by atoms with E-state index in [1.807, 2.05) is 393 Å². The van der Waals surface area contributed by atoms with Crippen LogP contribution in [0.15, 0.2) is 544 Å². The number of rotatable bonds is 12. The van der Waals surface area contributed by atoms with Crippen molar-refractivity contribution in [1.29, 1.82) is 0 Å². The monoisotopic (exact) mass is 1940 g/mol. The molecule has 0 unspecified atom stereocenters. The first-order valence-electron chi connectivity index (χ1n) is 47.6. The Morgan fingerprint density at radius 1 is 0.208 bits per heavy atom. The van der Waals surface area contributed by atoms with Crippen molar-refractivity contribution in [2.45, 2.75) is 82.1 Å². The van der Waals surface area contributed by atoms with Gasteiger partial charge in [-0.05, 0) is 219 Å². The molecule has 727 valence electrons. The van der Waals surface area contributed by atoms with E-state index in [9.17, 15) is 38.4 Å². The molecule has 149 heavy (non-hydrogen) atoms. The Kier molecular flexibility index (Phi) is 46.1. The van der Waals surface area contributed by atoms with E-state index >= 15 is 0 Å². The van der Waals surface area contributed by atoms with Crippen molar-refractivity contribution < 1.29 is 36.8 Å². The minimum absolute atomic E-state index is 0. The Morgan fingerprint density at radius 3 is 0.611 bits per heavy atom. The average molecular weight is 1940 g/mol. The zero-order chi connectivity index (χ0) is 102. The fraction of sp³-hybridized carbons (Fsp3) is 0.0909. The fourth-order valence-corrected chi connectivity index (χ4v) is 16.8. The van der Waals surface area contributed by atoms with Gasteiger partial charge < -0.3 is 17.7 Å². The lowest BCUT2D eigenvalue weighted by Crippen LogP contribution is -2.08. The quantitative estimate of drug-likeness (QED) is 0.105. The van der Waals surface area contributed by atoms with E-state index in [1.54, 1.807) is 36.4 Å². The van der Waals surface area contributed by atoms with Crippen molar-refractivity contribution in [2.24, 2.45) is 0 Å². The Morgan fingerprint density at radius 2 is 0.430 bits per heavy atom. The van der Waals surface area contributed by atoms with Crippen LogP contribution in [-0.2, 0) is 19.2 Å². The van der Waals surface area contributed by atoms with Gasteiger partial charge in [0.15, 0.2) is 23.1 Å². The first-order valence-corrected chi connectivity index (χ1v) is 47.6. The summed E-state index contributed by atoms with van der Waals surface area (Å²) in [6.07, 6.45) is 28.1. The van der Waals surface area contributed by atoms with Gasteiger partial charge >= 0.3 is 22.5 Å². The molecule has 12 nitrogen and oxygen atoms in total. The third kappa shape index (κ3) is 32.2. The van der Waals surface area contributed by atoms with Crippen molar-refractivity contribution in [3.8, 4) is 67.2 Å². The summed E-state index contributed by atoms with van der Waals surface area (Å²) in [5.74, 6) is 1.67. The second-order valence-corrected chi connectivity index (χ2v) is 34.4. The maximum Gasteiger partial charge on any atom is 0.344 e. The maximum atomic E-state index is 13.4. The molecule has 0 N–H and O–H groups in total. The summed E-state index contributed by atoms with van der Waals surface area (Å²) in [5.41, 5.74) is 29.5. The summed E-state index contributed by atoms with van der Waals surface area (Å²) >= 11 is 0. The lowest BCUT2D eigenvalue weighted by Gasteiger charge is -2.15. The molecule has 15 radical (unpaired) electrons. The van der Waals surface area contributed by atoms with Gasteiger partial charge in [0.1, 0.15) is 11.5 Å². The van der Waals surface area contributed by atoms with Gasteiger partial charge in [0, 0.05) is 110 Å². The lowest BCUT2D eigenvalue weighted by molar-refractivity contribution is -0.111. The van der Waals surface area contributed by atoms with Gasteiger partial charge in [-0.2, -0.15) is 0 Å². The van der Waals surface area contributed by atoms with Crippen molar-refractivity contribution in [1.82, 2.24) is 0 Å². The highest BCUT2D eigenvalue weighted by Crippen LogP contribution is 2.48. The largest absolute Gasteiger partial charge is 0.431 e. The molecule has 12 aromatic carbocycles. The number of allylic oxidation sites excluding steroid dienone is 24. The van der Waals surface area contributed by atoms with Gasteiger partial charge in [-0.1, -0.05) is 424 Å². The SMILES string of the molecule is CC1=C(c2ccccc2)C(=O)C(c2ccccc2)=C1c1ccccc1.CC1=C(c2ccccc2)C(=O)C(c2ccccc2)=C1c1ccccc1.CC1=CC(=O)C=C1.CC1=CC(=O)C=C1.CC1=CCC=C1.CC1=CCC=C1.Cc1c(-c2ccccc2)oc(=O)c(-c2ccccc2)c1-c1ccccc1.Cc1c(-c2ccccc2)oc(=O)c(-c2ccccc2)c1-c1ccccc1.Cc1ccc(=O)oc1.Cc1ccc(=O)oc1.[B].[B].[B].[B].[B]. The highest BCUT2D eigenvalue weighted by Gasteiger charge is 2.35. The number of carbonyl (C=O) groups excluding carboxylic acids is 4. The number of benzene rings is 12. The zero-order valence-electron chi connectivity index (χ0n) is 85.2. The topological polar surface area (TPSA) is 189 Å².